The quantitative estimate of drug-likeness (QED) is 0.810. The van der Waals surface area contributed by atoms with Crippen LogP contribution in [0.2, 0.25) is 0 Å². The zero-order valence-corrected chi connectivity index (χ0v) is 17.5. The number of piperidine rings is 1. The summed E-state index contributed by atoms with van der Waals surface area (Å²) in [5, 5.41) is 3.29. The van der Waals surface area contributed by atoms with Gasteiger partial charge < -0.3 is 15.1 Å². The van der Waals surface area contributed by atoms with E-state index in [1.165, 1.54) is 19.3 Å². The SMILES string of the molecule is CCCN(C)C(=O)c1ccccc1N1CCC(NC(=O)C2CCCCC2)CC1. The van der Waals surface area contributed by atoms with E-state index in [4.69, 9.17) is 0 Å². The number of rotatable bonds is 6. The second-order valence-corrected chi connectivity index (χ2v) is 8.35. The van der Waals surface area contributed by atoms with Crippen LogP contribution < -0.4 is 10.2 Å². The van der Waals surface area contributed by atoms with Crippen LogP contribution in [0.5, 0.6) is 0 Å². The van der Waals surface area contributed by atoms with Gasteiger partial charge in [0.25, 0.3) is 5.91 Å². The van der Waals surface area contributed by atoms with Crippen LogP contribution in [0, 0.1) is 5.92 Å². The summed E-state index contributed by atoms with van der Waals surface area (Å²) < 4.78 is 0. The van der Waals surface area contributed by atoms with Gasteiger partial charge in [-0.25, -0.2) is 0 Å². The maximum atomic E-state index is 12.8. The van der Waals surface area contributed by atoms with Crippen molar-refractivity contribution < 1.29 is 9.59 Å². The summed E-state index contributed by atoms with van der Waals surface area (Å²) >= 11 is 0. The Morgan fingerprint density at radius 1 is 1.07 bits per heavy atom. The molecule has 5 heteroatoms. The fourth-order valence-electron chi connectivity index (χ4n) is 4.52. The monoisotopic (exact) mass is 385 g/mol. The first kappa shape index (κ1) is 20.7. The third-order valence-electron chi connectivity index (χ3n) is 6.20. The Balaban J connectivity index is 1.57. The Morgan fingerprint density at radius 2 is 1.75 bits per heavy atom. The number of nitrogens with zero attached hydrogens (tertiary/aromatic N) is 2. The molecule has 1 aliphatic carbocycles. The van der Waals surface area contributed by atoms with E-state index >= 15 is 0 Å². The van der Waals surface area contributed by atoms with E-state index in [0.717, 1.165) is 63.0 Å². The predicted octanol–water partition coefficient (Wildman–Crippen LogP) is 3.83. The van der Waals surface area contributed by atoms with Crippen molar-refractivity contribution in [3.63, 3.8) is 0 Å². The fraction of sp³-hybridized carbons (Fsp3) is 0.652. The number of hydrogen-bond acceptors (Lipinski definition) is 3. The first-order valence-corrected chi connectivity index (χ1v) is 11.0. The summed E-state index contributed by atoms with van der Waals surface area (Å²) in [6.45, 7) is 4.60. The molecule has 3 rings (SSSR count). The van der Waals surface area contributed by atoms with Crippen LogP contribution in [-0.2, 0) is 4.79 Å². The van der Waals surface area contributed by atoms with Gasteiger partial charge in [0, 0.05) is 44.3 Å². The smallest absolute Gasteiger partial charge is 0.255 e. The van der Waals surface area contributed by atoms with E-state index < -0.39 is 0 Å². The van der Waals surface area contributed by atoms with Crippen molar-refractivity contribution in [2.75, 3.05) is 31.6 Å². The van der Waals surface area contributed by atoms with E-state index in [-0.39, 0.29) is 23.8 Å². The van der Waals surface area contributed by atoms with Gasteiger partial charge in [-0.1, -0.05) is 38.3 Å². The highest BCUT2D eigenvalue weighted by Gasteiger charge is 2.27. The van der Waals surface area contributed by atoms with Crippen molar-refractivity contribution in [1.29, 1.82) is 0 Å². The van der Waals surface area contributed by atoms with E-state index in [2.05, 4.69) is 17.1 Å². The second-order valence-electron chi connectivity index (χ2n) is 8.35. The van der Waals surface area contributed by atoms with Gasteiger partial charge in [-0.2, -0.15) is 0 Å². The Bertz CT molecular complexity index is 662. The molecule has 2 fully saturated rings. The molecule has 0 spiro atoms. The van der Waals surface area contributed by atoms with Gasteiger partial charge >= 0.3 is 0 Å². The highest BCUT2D eigenvalue weighted by molar-refractivity contribution is 5.99. The highest BCUT2D eigenvalue weighted by atomic mass is 16.2. The lowest BCUT2D eigenvalue weighted by atomic mass is 9.88. The van der Waals surface area contributed by atoms with Crippen LogP contribution in [0.3, 0.4) is 0 Å². The molecule has 0 atom stereocenters. The number of carbonyl (C=O) groups is 2. The lowest BCUT2D eigenvalue weighted by Crippen LogP contribution is -2.47. The first-order chi connectivity index (χ1) is 13.6. The summed E-state index contributed by atoms with van der Waals surface area (Å²) in [4.78, 5) is 29.5. The summed E-state index contributed by atoms with van der Waals surface area (Å²) in [5.41, 5.74) is 1.80. The first-order valence-electron chi connectivity index (χ1n) is 11.0. The molecule has 0 unspecified atom stereocenters. The van der Waals surface area contributed by atoms with Crippen LogP contribution in [0.1, 0.15) is 68.6 Å². The molecule has 1 N–H and O–H groups in total. The maximum absolute atomic E-state index is 12.8. The lowest BCUT2D eigenvalue weighted by molar-refractivity contribution is -0.126. The number of nitrogens with one attached hydrogen (secondary N) is 1. The molecule has 1 heterocycles. The number of carbonyl (C=O) groups excluding carboxylic acids is 2. The van der Waals surface area contributed by atoms with Gasteiger partial charge in [-0.3, -0.25) is 9.59 Å². The molecule has 154 valence electrons. The van der Waals surface area contributed by atoms with Crippen LogP contribution in [0.4, 0.5) is 5.69 Å². The number of benzene rings is 1. The number of anilines is 1. The van der Waals surface area contributed by atoms with E-state index in [1.807, 2.05) is 31.3 Å². The fourth-order valence-corrected chi connectivity index (χ4v) is 4.52. The van der Waals surface area contributed by atoms with Gasteiger partial charge in [0.15, 0.2) is 0 Å². The lowest BCUT2D eigenvalue weighted by Gasteiger charge is -2.36. The molecule has 5 nitrogen and oxygen atoms in total. The van der Waals surface area contributed by atoms with Crippen molar-refractivity contribution in [2.24, 2.45) is 5.92 Å². The zero-order chi connectivity index (χ0) is 19.9. The molecular weight excluding hydrogens is 350 g/mol. The molecule has 1 aromatic carbocycles. The Morgan fingerprint density at radius 3 is 2.43 bits per heavy atom. The Hall–Kier alpha value is -2.04. The van der Waals surface area contributed by atoms with Crippen LogP contribution >= 0.6 is 0 Å². The Kier molecular flexibility index (Phi) is 7.35. The predicted molar refractivity (Wildman–Crippen MR) is 114 cm³/mol. The molecule has 0 bridgehead atoms. The molecular formula is C23H35N3O2. The number of hydrogen-bond donors (Lipinski definition) is 1. The second kappa shape index (κ2) is 9.94. The minimum absolute atomic E-state index is 0.0881. The summed E-state index contributed by atoms with van der Waals surface area (Å²) in [6.07, 6.45) is 8.57. The highest BCUT2D eigenvalue weighted by Crippen LogP contribution is 2.27. The van der Waals surface area contributed by atoms with Crippen molar-refractivity contribution in [3.05, 3.63) is 29.8 Å². The Labute approximate surface area is 169 Å². The van der Waals surface area contributed by atoms with Gasteiger partial charge in [0.2, 0.25) is 5.91 Å². The molecule has 1 saturated carbocycles. The topological polar surface area (TPSA) is 52.7 Å². The van der Waals surface area contributed by atoms with Crippen molar-refractivity contribution >= 4 is 17.5 Å². The normalized spacial score (nSPS) is 18.7. The third-order valence-corrected chi connectivity index (χ3v) is 6.20. The molecule has 0 radical (unpaired) electrons. The minimum Gasteiger partial charge on any atom is -0.371 e. The van der Waals surface area contributed by atoms with Crippen LogP contribution in [0.25, 0.3) is 0 Å². The largest absolute Gasteiger partial charge is 0.371 e. The molecule has 0 aromatic heterocycles. The summed E-state index contributed by atoms with van der Waals surface area (Å²) in [6, 6.07) is 8.18. The van der Waals surface area contributed by atoms with Crippen LogP contribution in [-0.4, -0.2) is 49.4 Å². The standard InChI is InChI=1S/C23H35N3O2/c1-3-15-25(2)23(28)20-11-7-8-12-21(20)26-16-13-19(14-17-26)24-22(27)18-9-5-4-6-10-18/h7-8,11-12,18-19H,3-6,9-10,13-17H2,1-2H3,(H,24,27). The van der Waals surface area contributed by atoms with Crippen LogP contribution in [0.15, 0.2) is 24.3 Å². The maximum Gasteiger partial charge on any atom is 0.255 e. The third kappa shape index (κ3) is 5.06. The average molecular weight is 386 g/mol. The van der Waals surface area contributed by atoms with Gasteiger partial charge in [0.1, 0.15) is 0 Å². The molecule has 28 heavy (non-hydrogen) atoms. The van der Waals surface area contributed by atoms with Gasteiger partial charge in [0.05, 0.1) is 5.56 Å². The van der Waals surface area contributed by atoms with Crippen molar-refractivity contribution in [3.8, 4) is 0 Å². The van der Waals surface area contributed by atoms with E-state index in [1.54, 1.807) is 4.90 Å². The molecule has 1 aromatic rings. The van der Waals surface area contributed by atoms with E-state index in [9.17, 15) is 9.59 Å². The van der Waals surface area contributed by atoms with E-state index in [0.29, 0.717) is 0 Å². The number of amides is 2. The number of para-hydroxylation sites is 1. The zero-order valence-electron chi connectivity index (χ0n) is 17.5. The molecule has 1 aliphatic heterocycles. The van der Waals surface area contributed by atoms with Crippen molar-refractivity contribution in [1.82, 2.24) is 10.2 Å². The molecule has 2 aliphatic rings. The molecule has 1 saturated heterocycles. The van der Waals surface area contributed by atoms with Gasteiger partial charge in [-0.15, -0.1) is 0 Å². The molecule has 2 amide bonds. The van der Waals surface area contributed by atoms with Gasteiger partial charge in [-0.05, 0) is 44.2 Å². The van der Waals surface area contributed by atoms with Crippen molar-refractivity contribution in [2.45, 2.75) is 64.3 Å². The summed E-state index contributed by atoms with van der Waals surface area (Å²) in [7, 11) is 1.87. The minimum atomic E-state index is 0.0881. The summed E-state index contributed by atoms with van der Waals surface area (Å²) in [5.74, 6) is 0.569. The average Bonchev–Trinajstić information content (AvgIpc) is 2.74.